The third-order valence-electron chi connectivity index (χ3n) is 15.0. The predicted molar refractivity (Wildman–Crippen MR) is 341 cm³/mol. The van der Waals surface area contributed by atoms with E-state index in [4.69, 9.17) is 9.05 Å². The average molecular weight is 1110 g/mol. The van der Waals surface area contributed by atoms with Crippen molar-refractivity contribution >= 4 is 13.7 Å². The van der Waals surface area contributed by atoms with Gasteiger partial charge in [0.15, 0.2) is 0 Å². The Morgan fingerprint density at radius 3 is 1.13 bits per heavy atom. The van der Waals surface area contributed by atoms with Gasteiger partial charge in [-0.3, -0.25) is 13.8 Å². The first-order valence-electron chi connectivity index (χ1n) is 33.3. The minimum Gasteiger partial charge on any atom is -0.391 e. The zero-order chi connectivity index (χ0) is 57.0. The van der Waals surface area contributed by atoms with Gasteiger partial charge in [0.2, 0.25) is 5.91 Å². The molecule has 0 aromatic rings. The van der Waals surface area contributed by atoms with Gasteiger partial charge in [0.1, 0.15) is 13.2 Å². The lowest BCUT2D eigenvalue weighted by Gasteiger charge is -2.26. The molecule has 0 aliphatic heterocycles. The Hall–Kier alpha value is -2.06. The molecule has 0 radical (unpaired) electrons. The van der Waals surface area contributed by atoms with Gasteiger partial charge in [0.25, 0.3) is 0 Å². The van der Waals surface area contributed by atoms with Gasteiger partial charge in [0.05, 0.1) is 39.9 Å². The Kier molecular flexibility index (Phi) is 58.0. The number of nitrogens with one attached hydrogen (secondary N) is 1. The molecule has 0 aliphatic rings. The van der Waals surface area contributed by atoms with E-state index in [0.29, 0.717) is 23.9 Å². The minimum atomic E-state index is -4.33. The van der Waals surface area contributed by atoms with Gasteiger partial charge in [0, 0.05) is 6.42 Å². The number of amides is 1. The number of carbonyl (C=O) groups is 1. The molecule has 0 bridgehead atoms. The maximum absolute atomic E-state index is 13.1. The van der Waals surface area contributed by atoms with Crippen LogP contribution in [0.3, 0.4) is 0 Å². The molecule has 0 fully saturated rings. The van der Waals surface area contributed by atoms with E-state index < -0.39 is 20.0 Å². The van der Waals surface area contributed by atoms with Gasteiger partial charge >= 0.3 is 7.82 Å². The van der Waals surface area contributed by atoms with Crippen molar-refractivity contribution in [1.29, 1.82) is 0 Å². The number of nitrogens with zero attached hydrogens (tertiary/aromatic N) is 1. The topological polar surface area (TPSA) is 105 Å². The van der Waals surface area contributed by atoms with Crippen LogP contribution >= 0.6 is 7.82 Å². The lowest BCUT2D eigenvalue weighted by Crippen LogP contribution is -2.46. The molecule has 0 heterocycles. The van der Waals surface area contributed by atoms with Crippen LogP contribution in [0.2, 0.25) is 0 Å². The fraction of sp³-hybridized carbons (Fsp3) is 0.812. The van der Waals surface area contributed by atoms with E-state index in [2.05, 4.69) is 92.1 Å². The van der Waals surface area contributed by atoms with Crippen molar-refractivity contribution in [3.63, 3.8) is 0 Å². The highest BCUT2D eigenvalue weighted by Crippen LogP contribution is 2.43. The van der Waals surface area contributed by atoms with Gasteiger partial charge in [-0.15, -0.1) is 0 Å². The van der Waals surface area contributed by atoms with Crippen LogP contribution in [0, 0.1) is 0 Å². The van der Waals surface area contributed by atoms with E-state index in [1.165, 1.54) is 205 Å². The third kappa shape index (κ3) is 61.6. The molecule has 0 saturated carbocycles. The standard InChI is InChI=1S/C69H129N2O6P/c1-6-8-10-12-14-16-18-20-22-24-26-28-30-31-32-33-34-35-36-37-38-39-41-43-45-47-49-51-53-55-57-59-61-63-69(73)70-67(66-77-78(74,75)76-65-64-71(3,4)5)68(72)62-60-58-56-54-52-50-48-46-44-42-40-29-27-25-23-21-19-17-15-13-11-9-7-2/h8,10,14,16,20,22,26,28,31-32,34-35,67-68,72H,6-7,9,11-13,15,17-19,21,23-25,27,29-30,33,36-66H2,1-5H3,(H-,70,73,74,75)/p+1/b10-8-,16-14-,22-20-,28-26-,32-31-,35-34-. The summed E-state index contributed by atoms with van der Waals surface area (Å²) >= 11 is 0. The summed E-state index contributed by atoms with van der Waals surface area (Å²) in [6, 6.07) is -0.765. The van der Waals surface area contributed by atoms with E-state index in [1.54, 1.807) is 0 Å². The molecule has 0 aliphatic carbocycles. The van der Waals surface area contributed by atoms with Crippen molar-refractivity contribution in [2.75, 3.05) is 40.9 Å². The summed E-state index contributed by atoms with van der Waals surface area (Å²) in [4.78, 5) is 23.4. The number of phosphoric ester groups is 1. The maximum Gasteiger partial charge on any atom is 0.472 e. The lowest BCUT2D eigenvalue weighted by atomic mass is 10.0. The predicted octanol–water partition coefficient (Wildman–Crippen LogP) is 21.0. The van der Waals surface area contributed by atoms with Gasteiger partial charge in [-0.2, -0.15) is 0 Å². The van der Waals surface area contributed by atoms with Gasteiger partial charge in [-0.1, -0.05) is 311 Å². The highest BCUT2D eigenvalue weighted by Gasteiger charge is 2.28. The number of carbonyl (C=O) groups excluding carboxylic acids is 1. The van der Waals surface area contributed by atoms with Crippen molar-refractivity contribution in [2.45, 2.75) is 321 Å². The van der Waals surface area contributed by atoms with Gasteiger partial charge < -0.3 is 19.8 Å². The SMILES string of the molecule is CC/C=C\C/C=C\C/C=C\C/C=C\C/C=C\C/C=C\CCCCCCCCCCCCCCCCC(=O)NC(COP(=O)(O)OCC[N+](C)(C)C)C(O)CCCCCCCCCCCCCCCCCCCCCCCCC. The number of phosphoric acid groups is 1. The molecule has 8 nitrogen and oxygen atoms in total. The van der Waals surface area contributed by atoms with Crippen molar-refractivity contribution in [3.8, 4) is 0 Å². The van der Waals surface area contributed by atoms with Crippen molar-refractivity contribution in [2.24, 2.45) is 0 Å². The Morgan fingerprint density at radius 1 is 0.449 bits per heavy atom. The lowest BCUT2D eigenvalue weighted by molar-refractivity contribution is -0.870. The fourth-order valence-corrected chi connectivity index (χ4v) is 10.6. The summed E-state index contributed by atoms with van der Waals surface area (Å²) in [7, 11) is 1.62. The molecule has 0 rings (SSSR count). The minimum absolute atomic E-state index is 0.0735. The monoisotopic (exact) mass is 1110 g/mol. The van der Waals surface area contributed by atoms with E-state index in [1.807, 2.05) is 21.1 Å². The molecule has 0 spiro atoms. The molecule has 3 atom stereocenters. The van der Waals surface area contributed by atoms with Crippen LogP contribution in [-0.4, -0.2) is 73.4 Å². The number of likely N-dealkylation sites (N-methyl/N-ethyl adjacent to an activating group) is 1. The number of hydrogen-bond donors (Lipinski definition) is 3. The number of rotatable bonds is 61. The summed E-state index contributed by atoms with van der Waals surface area (Å²) in [5.74, 6) is -0.143. The van der Waals surface area contributed by atoms with Crippen molar-refractivity contribution in [1.82, 2.24) is 5.32 Å². The number of allylic oxidation sites excluding steroid dienone is 12. The smallest absolute Gasteiger partial charge is 0.391 e. The molecular formula is C69H130N2O6P+. The molecular weight excluding hydrogens is 984 g/mol. The Morgan fingerprint density at radius 2 is 0.769 bits per heavy atom. The van der Waals surface area contributed by atoms with Crippen molar-refractivity contribution in [3.05, 3.63) is 72.9 Å². The largest absolute Gasteiger partial charge is 0.472 e. The first kappa shape index (κ1) is 75.9. The van der Waals surface area contributed by atoms with Crippen molar-refractivity contribution < 1.29 is 32.9 Å². The fourth-order valence-electron chi connectivity index (χ4n) is 9.82. The molecule has 0 saturated heterocycles. The Balaban J connectivity index is 4.06. The second kappa shape index (κ2) is 59.6. The molecule has 3 unspecified atom stereocenters. The highest BCUT2D eigenvalue weighted by atomic mass is 31.2. The third-order valence-corrected chi connectivity index (χ3v) is 16.0. The summed E-state index contributed by atoms with van der Waals surface area (Å²) in [5.41, 5.74) is 0. The van der Waals surface area contributed by atoms with Crippen LogP contribution in [0.15, 0.2) is 72.9 Å². The molecule has 9 heteroatoms. The Labute approximate surface area is 484 Å². The van der Waals surface area contributed by atoms with Crippen LogP contribution in [0.25, 0.3) is 0 Å². The molecule has 3 N–H and O–H groups in total. The normalized spacial score (nSPS) is 14.2. The van der Waals surface area contributed by atoms with Crippen LogP contribution in [0.4, 0.5) is 0 Å². The number of unbranched alkanes of at least 4 members (excludes halogenated alkanes) is 36. The molecule has 456 valence electrons. The summed E-state index contributed by atoms with van der Waals surface area (Å²) in [6.45, 7) is 4.81. The summed E-state index contributed by atoms with van der Waals surface area (Å²) < 4.78 is 23.9. The first-order valence-corrected chi connectivity index (χ1v) is 34.8. The summed E-state index contributed by atoms with van der Waals surface area (Å²) in [6.07, 6.45) is 82.7. The van der Waals surface area contributed by atoms with Crippen LogP contribution in [0.1, 0.15) is 309 Å². The zero-order valence-electron chi connectivity index (χ0n) is 52.2. The highest BCUT2D eigenvalue weighted by molar-refractivity contribution is 7.47. The van der Waals surface area contributed by atoms with Crippen LogP contribution in [-0.2, 0) is 18.4 Å². The maximum atomic E-state index is 13.1. The van der Waals surface area contributed by atoms with E-state index in [-0.39, 0.29) is 19.1 Å². The van der Waals surface area contributed by atoms with E-state index in [9.17, 15) is 19.4 Å². The second-order valence-electron chi connectivity index (χ2n) is 23.8. The van der Waals surface area contributed by atoms with E-state index in [0.717, 1.165) is 77.0 Å². The second-order valence-corrected chi connectivity index (χ2v) is 25.3. The quantitative estimate of drug-likeness (QED) is 0.0243. The van der Waals surface area contributed by atoms with Gasteiger partial charge in [-0.25, -0.2) is 4.57 Å². The Bertz CT molecular complexity index is 1500. The number of hydrogen-bond acceptors (Lipinski definition) is 5. The first-order chi connectivity index (χ1) is 38.0. The van der Waals surface area contributed by atoms with Crippen LogP contribution in [0.5, 0.6) is 0 Å². The molecule has 0 aromatic carbocycles. The van der Waals surface area contributed by atoms with E-state index >= 15 is 0 Å². The molecule has 1 amide bonds. The van der Waals surface area contributed by atoms with Crippen LogP contribution < -0.4 is 5.32 Å². The number of quaternary nitrogens is 1. The van der Waals surface area contributed by atoms with Gasteiger partial charge in [-0.05, 0) is 64.2 Å². The number of aliphatic hydroxyl groups is 1. The average Bonchev–Trinajstić information content (AvgIpc) is 3.41. The summed E-state index contributed by atoms with van der Waals surface area (Å²) in [5, 5.41) is 14.1. The number of aliphatic hydroxyl groups excluding tert-OH is 1. The zero-order valence-corrected chi connectivity index (χ0v) is 53.0. The molecule has 0 aromatic heterocycles. The molecule has 78 heavy (non-hydrogen) atoms.